The third kappa shape index (κ3) is 11.1. The molecule has 2 unspecified atom stereocenters. The number of aliphatic carboxylic acids is 2. The minimum atomic E-state index is -1.73. The highest BCUT2D eigenvalue weighted by Gasteiger charge is 2.36. The van der Waals surface area contributed by atoms with E-state index < -0.39 is 36.7 Å². The minimum absolute atomic E-state index is 0.146. The van der Waals surface area contributed by atoms with Crippen molar-refractivity contribution in [3.05, 3.63) is 77.9 Å². The largest absolute Gasteiger partial charge is 0.497 e. The molecule has 9 nitrogen and oxygen atoms in total. The highest BCUT2D eigenvalue weighted by atomic mass is 16.6. The zero-order valence-corrected chi connectivity index (χ0v) is 24.1. The van der Waals surface area contributed by atoms with E-state index in [1.807, 2.05) is 36.4 Å². The van der Waals surface area contributed by atoms with Crippen molar-refractivity contribution in [3.63, 3.8) is 0 Å². The zero-order chi connectivity index (χ0) is 30.2. The van der Waals surface area contributed by atoms with Crippen LogP contribution in [0.4, 0.5) is 0 Å². The molecule has 0 aliphatic heterocycles. The molecule has 3 rings (SSSR count). The summed E-state index contributed by atoms with van der Waals surface area (Å²) in [6, 6.07) is 22.5. The van der Waals surface area contributed by atoms with Crippen LogP contribution in [0.2, 0.25) is 0 Å². The predicted molar refractivity (Wildman–Crippen MR) is 160 cm³/mol. The maximum absolute atomic E-state index is 12.9. The lowest BCUT2D eigenvalue weighted by molar-refractivity contribution is -0.172. The minimum Gasteiger partial charge on any atom is -0.497 e. The number of aryl methyl sites for hydroxylation is 2. The molecule has 9 heteroatoms. The Balaban J connectivity index is 1.42. The summed E-state index contributed by atoms with van der Waals surface area (Å²) in [5.41, 5.74) is 2.44. The van der Waals surface area contributed by atoms with E-state index in [-0.39, 0.29) is 6.61 Å². The average Bonchev–Trinajstić information content (AvgIpc) is 2.99. The van der Waals surface area contributed by atoms with Crippen molar-refractivity contribution in [1.82, 2.24) is 5.32 Å². The van der Waals surface area contributed by atoms with E-state index in [4.69, 9.17) is 19.3 Å². The van der Waals surface area contributed by atoms with E-state index in [0.717, 1.165) is 44.3 Å². The van der Waals surface area contributed by atoms with E-state index >= 15 is 0 Å². The lowest BCUT2D eigenvalue weighted by atomic mass is 10.0. The van der Waals surface area contributed by atoms with Crippen LogP contribution >= 0.6 is 0 Å². The van der Waals surface area contributed by atoms with Crippen molar-refractivity contribution in [2.24, 2.45) is 0 Å². The second kappa shape index (κ2) is 17.8. The van der Waals surface area contributed by atoms with Crippen LogP contribution in [0.25, 0.3) is 10.8 Å². The molecule has 0 radical (unpaired) electrons. The average molecular weight is 580 g/mol. The number of rotatable bonds is 20. The third-order valence-electron chi connectivity index (χ3n) is 6.98. The van der Waals surface area contributed by atoms with Gasteiger partial charge in [0.1, 0.15) is 12.4 Å². The quantitative estimate of drug-likeness (QED) is 0.159. The van der Waals surface area contributed by atoms with Gasteiger partial charge in [-0.05, 0) is 72.6 Å². The SMILES string of the molecule is COc1ccc(CCCCCOC(C(=O)NCCCCCc2ccc3ccccc3c2)C(OCC(=O)O)C(=O)O)cc1. The monoisotopic (exact) mass is 579 g/mol. The third-order valence-corrected chi connectivity index (χ3v) is 6.98. The van der Waals surface area contributed by atoms with Gasteiger partial charge in [0.05, 0.1) is 7.11 Å². The molecule has 0 aromatic heterocycles. The van der Waals surface area contributed by atoms with E-state index in [0.29, 0.717) is 19.4 Å². The Kier molecular flexibility index (Phi) is 13.8. The summed E-state index contributed by atoms with van der Waals surface area (Å²) in [5.74, 6) is -2.60. The van der Waals surface area contributed by atoms with Crippen LogP contribution in [0, 0.1) is 0 Å². The molecule has 3 aromatic carbocycles. The van der Waals surface area contributed by atoms with Gasteiger partial charge in [0.15, 0.2) is 12.2 Å². The van der Waals surface area contributed by atoms with Crippen molar-refractivity contribution in [3.8, 4) is 5.75 Å². The standard InChI is InChI=1S/C33H41NO8/c1-40-28-18-15-24(16-19-28)10-5-3-9-21-41-30(31(33(38)39)42-23-29(35)36)32(37)34-20-8-2-4-11-25-14-17-26-12-6-7-13-27(26)22-25/h6-7,12-19,22,30-31H,2-5,8-11,20-21,23H2,1H3,(H,34,37)(H,35,36)(H,38,39). The Morgan fingerprint density at radius 2 is 1.40 bits per heavy atom. The van der Waals surface area contributed by atoms with Gasteiger partial charge < -0.3 is 29.7 Å². The van der Waals surface area contributed by atoms with E-state index in [9.17, 15) is 19.5 Å². The molecule has 0 heterocycles. The fourth-order valence-electron chi connectivity index (χ4n) is 4.70. The summed E-state index contributed by atoms with van der Waals surface area (Å²) in [4.78, 5) is 35.8. The first-order valence-electron chi connectivity index (χ1n) is 14.4. The van der Waals surface area contributed by atoms with Crippen molar-refractivity contribution >= 4 is 28.6 Å². The van der Waals surface area contributed by atoms with Gasteiger partial charge in [-0.3, -0.25) is 4.79 Å². The maximum atomic E-state index is 12.9. The van der Waals surface area contributed by atoms with Gasteiger partial charge in [-0.15, -0.1) is 0 Å². The predicted octanol–water partition coefficient (Wildman–Crippen LogP) is 5.03. The molecule has 226 valence electrons. The number of nitrogens with one attached hydrogen (secondary N) is 1. The second-order valence-electron chi connectivity index (χ2n) is 10.2. The molecule has 0 spiro atoms. The zero-order valence-electron chi connectivity index (χ0n) is 24.1. The normalized spacial score (nSPS) is 12.5. The van der Waals surface area contributed by atoms with Gasteiger partial charge in [-0.1, -0.05) is 67.4 Å². The van der Waals surface area contributed by atoms with Gasteiger partial charge in [0.2, 0.25) is 0 Å². The first kappa shape index (κ1) is 32.6. The van der Waals surface area contributed by atoms with Crippen LogP contribution in [0.1, 0.15) is 49.7 Å². The number of hydrogen-bond acceptors (Lipinski definition) is 6. The van der Waals surface area contributed by atoms with E-state index in [1.165, 1.54) is 21.9 Å². The van der Waals surface area contributed by atoms with Gasteiger partial charge in [-0.2, -0.15) is 0 Å². The molecule has 1 amide bonds. The van der Waals surface area contributed by atoms with Crippen LogP contribution in [0.5, 0.6) is 5.75 Å². The summed E-state index contributed by atoms with van der Waals surface area (Å²) in [7, 11) is 1.62. The van der Waals surface area contributed by atoms with Crippen LogP contribution < -0.4 is 10.1 Å². The Bertz CT molecular complexity index is 1280. The highest BCUT2D eigenvalue weighted by Crippen LogP contribution is 2.18. The molecule has 0 aliphatic rings. The summed E-state index contributed by atoms with van der Waals surface area (Å²) >= 11 is 0. The Hall–Kier alpha value is -3.95. The number of amides is 1. The summed E-state index contributed by atoms with van der Waals surface area (Å²) in [5, 5.41) is 23.8. The molecule has 0 saturated carbocycles. The number of carbonyl (C=O) groups is 3. The number of carbonyl (C=O) groups excluding carboxylic acids is 1. The van der Waals surface area contributed by atoms with Crippen molar-refractivity contribution in [2.75, 3.05) is 26.9 Å². The molecule has 42 heavy (non-hydrogen) atoms. The fourth-order valence-corrected chi connectivity index (χ4v) is 4.70. The van der Waals surface area contributed by atoms with E-state index in [1.54, 1.807) is 7.11 Å². The molecule has 3 N–H and O–H groups in total. The number of benzene rings is 3. The van der Waals surface area contributed by atoms with Crippen LogP contribution in [-0.4, -0.2) is 67.1 Å². The number of ether oxygens (including phenoxy) is 3. The van der Waals surface area contributed by atoms with E-state index in [2.05, 4.69) is 35.6 Å². The lowest BCUT2D eigenvalue weighted by Crippen LogP contribution is -2.49. The summed E-state index contributed by atoms with van der Waals surface area (Å²) < 4.78 is 15.9. The van der Waals surface area contributed by atoms with Crippen molar-refractivity contribution < 1.29 is 38.8 Å². The number of carboxylic acid groups (broad SMARTS) is 2. The number of methoxy groups -OCH3 is 1. The molecule has 2 atom stereocenters. The lowest BCUT2D eigenvalue weighted by Gasteiger charge is -2.23. The Morgan fingerprint density at radius 3 is 2.10 bits per heavy atom. The highest BCUT2D eigenvalue weighted by molar-refractivity contribution is 5.88. The molecule has 0 saturated heterocycles. The number of unbranched alkanes of at least 4 members (excludes halogenated alkanes) is 4. The van der Waals surface area contributed by atoms with Crippen molar-refractivity contribution in [1.29, 1.82) is 0 Å². The van der Waals surface area contributed by atoms with Gasteiger partial charge in [0, 0.05) is 13.2 Å². The van der Waals surface area contributed by atoms with Crippen LogP contribution in [-0.2, 0) is 36.7 Å². The Labute approximate surface area is 246 Å². The molecule has 0 bridgehead atoms. The van der Waals surface area contributed by atoms with Gasteiger partial charge in [0.25, 0.3) is 5.91 Å². The van der Waals surface area contributed by atoms with Crippen LogP contribution in [0.15, 0.2) is 66.7 Å². The van der Waals surface area contributed by atoms with Crippen molar-refractivity contribution in [2.45, 2.75) is 63.6 Å². The Morgan fingerprint density at radius 1 is 0.738 bits per heavy atom. The van der Waals surface area contributed by atoms with Crippen LogP contribution in [0.3, 0.4) is 0 Å². The van der Waals surface area contributed by atoms with Gasteiger partial charge in [-0.25, -0.2) is 9.59 Å². The van der Waals surface area contributed by atoms with Gasteiger partial charge >= 0.3 is 11.9 Å². The fraction of sp³-hybridized carbons (Fsp3) is 0.424. The summed E-state index contributed by atoms with van der Waals surface area (Å²) in [6.45, 7) is -0.350. The topological polar surface area (TPSA) is 131 Å². The number of hydrogen-bond donors (Lipinski definition) is 3. The second-order valence-corrected chi connectivity index (χ2v) is 10.2. The molecule has 0 aliphatic carbocycles. The first-order chi connectivity index (χ1) is 20.4. The molecule has 3 aromatic rings. The maximum Gasteiger partial charge on any atom is 0.336 e. The number of fused-ring (bicyclic) bond motifs is 1. The first-order valence-corrected chi connectivity index (χ1v) is 14.4. The molecular weight excluding hydrogens is 538 g/mol. The smallest absolute Gasteiger partial charge is 0.336 e. The number of carboxylic acids is 2. The molecule has 0 fully saturated rings. The summed E-state index contributed by atoms with van der Waals surface area (Å²) in [6.07, 6.45) is 3.46. The molecular formula is C33H41NO8.